The molecule has 0 aliphatic carbocycles. The molecule has 5 rings (SSSR count). The van der Waals surface area contributed by atoms with Gasteiger partial charge < -0.3 is 15.4 Å². The number of rotatable bonds is 9. The van der Waals surface area contributed by atoms with Crippen LogP contribution in [0, 0.1) is 13.8 Å². The quantitative estimate of drug-likeness (QED) is 0.177. The van der Waals surface area contributed by atoms with E-state index in [0.717, 1.165) is 44.6 Å². The molecule has 10 heteroatoms. The molecular formula is C31H31BrClN5O2S. The van der Waals surface area contributed by atoms with Gasteiger partial charge in [-0.05, 0) is 80.3 Å². The van der Waals surface area contributed by atoms with E-state index in [1.165, 1.54) is 0 Å². The predicted molar refractivity (Wildman–Crippen MR) is 170 cm³/mol. The van der Waals surface area contributed by atoms with Crippen molar-refractivity contribution in [3.8, 4) is 5.75 Å². The Kier molecular flexibility index (Phi) is 9.06. The Balaban J connectivity index is 1.58. The molecule has 2 N–H and O–H groups in total. The second-order valence-electron chi connectivity index (χ2n) is 9.88. The van der Waals surface area contributed by atoms with Crippen LogP contribution in [0.15, 0.2) is 81.6 Å². The maximum absolute atomic E-state index is 14.1. The first-order valence-corrected chi connectivity index (χ1v) is 15.5. The Morgan fingerprint density at radius 1 is 1.15 bits per heavy atom. The molecule has 0 fully saturated rings. The summed E-state index contributed by atoms with van der Waals surface area (Å²) in [6.07, 6.45) is 1.00. The van der Waals surface area contributed by atoms with Crippen molar-refractivity contribution < 1.29 is 9.53 Å². The molecule has 1 aromatic heterocycles. The van der Waals surface area contributed by atoms with Gasteiger partial charge in [-0.1, -0.05) is 70.5 Å². The van der Waals surface area contributed by atoms with Crippen molar-refractivity contribution in [3.05, 3.63) is 104 Å². The molecule has 1 unspecified atom stereocenters. The van der Waals surface area contributed by atoms with Crippen LogP contribution in [0.2, 0.25) is 5.02 Å². The van der Waals surface area contributed by atoms with Gasteiger partial charge in [0.1, 0.15) is 18.4 Å². The fraction of sp³-hybridized carbons (Fsp3) is 0.258. The number of aromatic nitrogens is 3. The summed E-state index contributed by atoms with van der Waals surface area (Å²) in [4.78, 5) is 18.8. The normalized spacial score (nSPS) is 14.4. The van der Waals surface area contributed by atoms with Crippen LogP contribution >= 0.6 is 39.3 Å². The van der Waals surface area contributed by atoms with Gasteiger partial charge >= 0.3 is 0 Å². The van der Waals surface area contributed by atoms with Crippen molar-refractivity contribution in [1.82, 2.24) is 14.8 Å². The zero-order chi connectivity index (χ0) is 29.1. The molecule has 0 bridgehead atoms. The van der Waals surface area contributed by atoms with Crippen molar-refractivity contribution in [3.63, 3.8) is 0 Å². The van der Waals surface area contributed by atoms with Crippen molar-refractivity contribution in [1.29, 1.82) is 0 Å². The predicted octanol–water partition coefficient (Wildman–Crippen LogP) is 8.32. The third-order valence-corrected chi connectivity index (χ3v) is 8.73. The van der Waals surface area contributed by atoms with Crippen LogP contribution in [-0.4, -0.2) is 26.4 Å². The number of hydrogen-bond acceptors (Lipinski definition) is 6. The summed E-state index contributed by atoms with van der Waals surface area (Å²) in [5, 5.41) is 12.7. The highest BCUT2D eigenvalue weighted by atomic mass is 79.9. The molecule has 4 aromatic rings. The second kappa shape index (κ2) is 12.7. The van der Waals surface area contributed by atoms with Crippen LogP contribution in [0.3, 0.4) is 0 Å². The number of benzene rings is 3. The number of fused-ring (bicyclic) bond motifs is 1. The summed E-state index contributed by atoms with van der Waals surface area (Å²) in [7, 11) is 0. The average Bonchev–Trinajstić information content (AvgIpc) is 3.36. The first kappa shape index (κ1) is 29.2. The van der Waals surface area contributed by atoms with E-state index in [0.29, 0.717) is 39.8 Å². The molecule has 1 atom stereocenters. The van der Waals surface area contributed by atoms with Gasteiger partial charge in [0.2, 0.25) is 11.1 Å². The fourth-order valence-corrected chi connectivity index (χ4v) is 5.84. The summed E-state index contributed by atoms with van der Waals surface area (Å²) in [6.45, 7) is 8.40. The minimum absolute atomic E-state index is 0.221. The Hall–Kier alpha value is -3.27. The third-order valence-electron chi connectivity index (χ3n) is 6.94. The number of thioether (sulfide) groups is 1. The molecule has 1 aliphatic rings. The maximum atomic E-state index is 14.1. The highest BCUT2D eigenvalue weighted by Gasteiger charge is 2.36. The van der Waals surface area contributed by atoms with E-state index in [-0.39, 0.29) is 5.91 Å². The number of nitrogens with zero attached hydrogens (tertiary/aromatic N) is 3. The number of nitrogens with one attached hydrogen (secondary N) is 2. The smallest absolute Gasteiger partial charge is 0.255 e. The lowest BCUT2D eigenvalue weighted by Gasteiger charge is -2.30. The van der Waals surface area contributed by atoms with Crippen molar-refractivity contribution in [2.75, 3.05) is 16.4 Å². The highest BCUT2D eigenvalue weighted by Crippen LogP contribution is 2.41. The first-order valence-electron chi connectivity index (χ1n) is 13.4. The van der Waals surface area contributed by atoms with E-state index < -0.39 is 6.04 Å². The van der Waals surface area contributed by atoms with Crippen molar-refractivity contribution >= 4 is 56.8 Å². The molecular weight excluding hydrogens is 622 g/mol. The Morgan fingerprint density at radius 3 is 2.68 bits per heavy atom. The SMILES string of the molecule is CCCSc1nc2n(n1)C(c1cc(Br)ccc1OCc1ccc(Cl)cc1)C(C(=O)Nc1cccc(C)c1C)=C(C)N2. The van der Waals surface area contributed by atoms with E-state index in [1.54, 1.807) is 16.4 Å². The van der Waals surface area contributed by atoms with Gasteiger partial charge in [0.05, 0.1) is 5.57 Å². The van der Waals surface area contributed by atoms with Gasteiger partial charge in [-0.15, -0.1) is 5.10 Å². The van der Waals surface area contributed by atoms with E-state index in [1.807, 2.05) is 81.4 Å². The Labute approximate surface area is 257 Å². The largest absolute Gasteiger partial charge is 0.489 e. The van der Waals surface area contributed by atoms with E-state index >= 15 is 0 Å². The van der Waals surface area contributed by atoms with Gasteiger partial charge in [-0.25, -0.2) is 4.68 Å². The van der Waals surface area contributed by atoms with Crippen LogP contribution in [0.4, 0.5) is 11.6 Å². The molecule has 0 saturated heterocycles. The summed E-state index contributed by atoms with van der Waals surface area (Å²) >= 11 is 11.3. The summed E-state index contributed by atoms with van der Waals surface area (Å²) in [5.41, 5.74) is 5.90. The minimum Gasteiger partial charge on any atom is -0.489 e. The molecule has 3 aromatic carbocycles. The number of allylic oxidation sites excluding steroid dienone is 1. The van der Waals surface area contributed by atoms with Gasteiger partial charge in [-0.2, -0.15) is 4.98 Å². The first-order chi connectivity index (χ1) is 19.7. The molecule has 1 amide bonds. The minimum atomic E-state index is -0.586. The second-order valence-corrected chi connectivity index (χ2v) is 12.3. The van der Waals surface area contributed by atoms with Crippen LogP contribution in [-0.2, 0) is 11.4 Å². The summed E-state index contributed by atoms with van der Waals surface area (Å²) in [5.74, 6) is 1.90. The van der Waals surface area contributed by atoms with Gasteiger partial charge in [-0.3, -0.25) is 4.79 Å². The van der Waals surface area contributed by atoms with E-state index in [9.17, 15) is 4.79 Å². The zero-order valence-electron chi connectivity index (χ0n) is 23.3. The fourth-order valence-electron chi connectivity index (χ4n) is 4.65. The number of carbonyl (C=O) groups is 1. The van der Waals surface area contributed by atoms with Gasteiger partial charge in [0.25, 0.3) is 5.91 Å². The van der Waals surface area contributed by atoms with Crippen LogP contribution < -0.4 is 15.4 Å². The van der Waals surface area contributed by atoms with E-state index in [2.05, 4.69) is 33.5 Å². The number of ether oxygens (including phenoxy) is 1. The van der Waals surface area contributed by atoms with Crippen molar-refractivity contribution in [2.24, 2.45) is 0 Å². The number of anilines is 2. The average molecular weight is 653 g/mol. The Bertz CT molecular complexity index is 1620. The zero-order valence-corrected chi connectivity index (χ0v) is 26.5. The van der Waals surface area contributed by atoms with Gasteiger partial charge in [0.15, 0.2) is 0 Å². The van der Waals surface area contributed by atoms with Crippen molar-refractivity contribution in [2.45, 2.75) is 51.9 Å². The molecule has 212 valence electrons. The lowest BCUT2D eigenvalue weighted by Crippen LogP contribution is -2.32. The molecule has 1 aliphatic heterocycles. The summed E-state index contributed by atoms with van der Waals surface area (Å²) in [6, 6.07) is 18.7. The van der Waals surface area contributed by atoms with E-state index in [4.69, 9.17) is 26.4 Å². The molecule has 0 radical (unpaired) electrons. The molecule has 2 heterocycles. The number of hydrogen-bond donors (Lipinski definition) is 2. The molecule has 0 spiro atoms. The Morgan fingerprint density at radius 2 is 1.93 bits per heavy atom. The standard InChI is InChI=1S/C31H31BrClN5O2S/c1-5-15-41-31-36-30-34-20(4)27(29(39)35-25-8-6-7-18(2)19(25)3)28(38(30)37-31)24-16-22(32)11-14-26(24)40-17-21-9-12-23(33)13-10-21/h6-14,16,28H,5,15,17H2,1-4H3,(H,35,39)(H,34,36,37). The van der Waals surface area contributed by atoms with Crippen LogP contribution in [0.5, 0.6) is 5.75 Å². The molecule has 0 saturated carbocycles. The topological polar surface area (TPSA) is 81.1 Å². The lowest BCUT2D eigenvalue weighted by molar-refractivity contribution is -0.113. The third kappa shape index (κ3) is 6.47. The summed E-state index contributed by atoms with van der Waals surface area (Å²) < 4.78 is 9.02. The maximum Gasteiger partial charge on any atom is 0.255 e. The lowest BCUT2D eigenvalue weighted by atomic mass is 9.94. The highest BCUT2D eigenvalue weighted by molar-refractivity contribution is 9.10. The monoisotopic (exact) mass is 651 g/mol. The molecule has 7 nitrogen and oxygen atoms in total. The molecule has 41 heavy (non-hydrogen) atoms. The number of halogens is 2. The van der Waals surface area contributed by atoms with Crippen LogP contribution in [0.1, 0.15) is 48.6 Å². The number of carbonyl (C=O) groups excluding carboxylic acids is 1. The van der Waals surface area contributed by atoms with Crippen LogP contribution in [0.25, 0.3) is 0 Å². The number of aryl methyl sites for hydroxylation is 1. The number of amides is 1. The van der Waals surface area contributed by atoms with Gasteiger partial charge in [0, 0.05) is 32.2 Å².